The number of hydrogen-bond donors (Lipinski definition) is 0. The van der Waals surface area contributed by atoms with Crippen molar-refractivity contribution in [3.8, 4) is 5.75 Å². The Morgan fingerprint density at radius 1 is 0.872 bits per heavy atom. The molecule has 0 saturated carbocycles. The Morgan fingerprint density at radius 3 is 1.95 bits per heavy atom. The lowest BCUT2D eigenvalue weighted by Gasteiger charge is -2.23. The number of ether oxygens (including phenoxy) is 3. The molecule has 0 amide bonds. The average molecular weight is 559 g/mol. The predicted octanol–water partition coefficient (Wildman–Crippen LogP) is 5.70. The van der Waals surface area contributed by atoms with Gasteiger partial charge in [0.25, 0.3) is 0 Å². The molecule has 0 bridgehead atoms. The van der Waals surface area contributed by atoms with Gasteiger partial charge >= 0.3 is 25.5 Å². The van der Waals surface area contributed by atoms with Gasteiger partial charge in [0, 0.05) is 13.3 Å². The summed E-state index contributed by atoms with van der Waals surface area (Å²) in [5.41, 5.74) is 2.47. The van der Waals surface area contributed by atoms with Crippen LogP contribution >= 0.6 is 7.60 Å². The highest BCUT2D eigenvalue weighted by atomic mass is 31.2. The van der Waals surface area contributed by atoms with Crippen molar-refractivity contribution < 1.29 is 42.2 Å². The van der Waals surface area contributed by atoms with E-state index in [2.05, 4.69) is 13.2 Å². The van der Waals surface area contributed by atoms with Crippen molar-refractivity contribution in [2.75, 3.05) is 19.4 Å². The normalized spacial score (nSPS) is 13.0. The number of carbonyl (C=O) groups is 3. The number of benzene rings is 2. The maximum Gasteiger partial charge on any atom is 0.332 e. The first kappa shape index (κ1) is 31.7. The summed E-state index contributed by atoms with van der Waals surface area (Å²) in [6, 6.07) is 14.0. The molecule has 0 spiro atoms. The van der Waals surface area contributed by atoms with Crippen molar-refractivity contribution in [2.24, 2.45) is 5.92 Å². The molecular weight excluding hydrogens is 523 g/mol. The third-order valence-electron chi connectivity index (χ3n) is 5.34. The van der Waals surface area contributed by atoms with Crippen LogP contribution < -0.4 is 4.74 Å². The van der Waals surface area contributed by atoms with Crippen LogP contribution in [0.2, 0.25) is 0 Å². The lowest BCUT2D eigenvalue weighted by molar-refractivity contribution is -0.148. The quantitative estimate of drug-likeness (QED) is 0.104. The van der Waals surface area contributed by atoms with Crippen LogP contribution in [0.5, 0.6) is 5.75 Å². The molecule has 0 N–H and O–H groups in total. The summed E-state index contributed by atoms with van der Waals surface area (Å²) in [5, 5.41) is 0. The Labute approximate surface area is 229 Å². The van der Waals surface area contributed by atoms with Crippen LogP contribution in [0, 0.1) is 12.8 Å². The van der Waals surface area contributed by atoms with E-state index in [1.165, 1.54) is 19.1 Å². The molecule has 39 heavy (non-hydrogen) atoms. The molecule has 9 nitrogen and oxygen atoms in total. The maximum absolute atomic E-state index is 14.0. The van der Waals surface area contributed by atoms with Crippen LogP contribution in [0.3, 0.4) is 0 Å². The molecule has 0 aliphatic carbocycles. The first-order valence-electron chi connectivity index (χ1n) is 12.4. The molecule has 0 radical (unpaired) electrons. The van der Waals surface area contributed by atoms with Crippen molar-refractivity contribution in [1.82, 2.24) is 0 Å². The second-order valence-electron chi connectivity index (χ2n) is 8.69. The SMILES string of the molecule is C=CCOC(=O)CCC(CP(=O)(OCc1ccc(C)cc1)OCc1ccc(OC(C)=O)cc1)C(=O)OCC=C. The zero-order valence-corrected chi connectivity index (χ0v) is 23.2. The van der Waals surface area contributed by atoms with E-state index in [1.54, 1.807) is 24.3 Å². The van der Waals surface area contributed by atoms with Gasteiger partial charge in [-0.3, -0.25) is 18.9 Å². The molecule has 2 atom stereocenters. The highest BCUT2D eigenvalue weighted by Gasteiger charge is 2.34. The number of hydrogen-bond acceptors (Lipinski definition) is 9. The minimum absolute atomic E-state index is 0.0151. The minimum atomic E-state index is -3.90. The zero-order valence-electron chi connectivity index (χ0n) is 22.3. The summed E-state index contributed by atoms with van der Waals surface area (Å²) >= 11 is 0. The standard InChI is InChI=1S/C29H35O9P/c1-5-17-34-28(31)16-13-26(29(32)35-18-6-2)21-39(33,36-19-24-9-7-22(3)8-10-24)37-20-25-11-14-27(15-12-25)38-23(4)30/h5-12,14-15,26H,1-2,13,16-21H2,3-4H3. The molecule has 2 rings (SSSR count). The van der Waals surface area contributed by atoms with Gasteiger partial charge in [-0.25, -0.2) is 0 Å². The molecule has 2 aromatic rings. The molecule has 10 heteroatoms. The first-order chi connectivity index (χ1) is 18.6. The Bertz CT molecular complexity index is 1160. The smallest absolute Gasteiger partial charge is 0.332 e. The third-order valence-corrected chi connectivity index (χ3v) is 7.27. The summed E-state index contributed by atoms with van der Waals surface area (Å²) < 4.78 is 40.8. The Balaban J connectivity index is 2.21. The molecule has 2 unspecified atom stereocenters. The van der Waals surface area contributed by atoms with E-state index in [4.69, 9.17) is 23.3 Å². The van der Waals surface area contributed by atoms with Gasteiger partial charge in [-0.2, -0.15) is 0 Å². The Kier molecular flexibility index (Phi) is 13.4. The minimum Gasteiger partial charge on any atom is -0.461 e. The predicted molar refractivity (Wildman–Crippen MR) is 146 cm³/mol. The Morgan fingerprint density at radius 2 is 1.41 bits per heavy atom. The van der Waals surface area contributed by atoms with E-state index in [0.717, 1.165) is 11.1 Å². The van der Waals surface area contributed by atoms with Gasteiger partial charge in [0.05, 0.1) is 25.3 Å². The van der Waals surface area contributed by atoms with E-state index in [9.17, 15) is 18.9 Å². The van der Waals surface area contributed by atoms with E-state index in [1.807, 2.05) is 31.2 Å². The van der Waals surface area contributed by atoms with Gasteiger partial charge in [0.1, 0.15) is 19.0 Å². The maximum atomic E-state index is 14.0. The van der Waals surface area contributed by atoms with Crippen molar-refractivity contribution >= 4 is 25.5 Å². The molecule has 0 heterocycles. The molecule has 0 aliphatic heterocycles. The lowest BCUT2D eigenvalue weighted by atomic mass is 10.1. The fraction of sp³-hybridized carbons (Fsp3) is 0.345. The second-order valence-corrected chi connectivity index (χ2v) is 10.8. The van der Waals surface area contributed by atoms with Gasteiger partial charge in [-0.15, -0.1) is 0 Å². The number of esters is 3. The highest BCUT2D eigenvalue weighted by molar-refractivity contribution is 7.53. The number of carbonyl (C=O) groups excluding carboxylic acids is 3. The zero-order chi connectivity index (χ0) is 28.7. The summed E-state index contributed by atoms with van der Waals surface area (Å²) in [5.74, 6) is -2.23. The fourth-order valence-corrected chi connectivity index (χ4v) is 5.17. The van der Waals surface area contributed by atoms with Crippen LogP contribution in [-0.2, 0) is 50.7 Å². The molecule has 0 aliphatic rings. The summed E-state index contributed by atoms with van der Waals surface area (Å²) in [6.45, 7) is 10.2. The summed E-state index contributed by atoms with van der Waals surface area (Å²) in [6.07, 6.45) is 2.46. The monoisotopic (exact) mass is 558 g/mol. The molecule has 0 fully saturated rings. The average Bonchev–Trinajstić information content (AvgIpc) is 2.92. The van der Waals surface area contributed by atoms with Crippen LogP contribution in [0.4, 0.5) is 0 Å². The molecular formula is C29H35O9P. The van der Waals surface area contributed by atoms with Gasteiger partial charge < -0.3 is 23.3 Å². The van der Waals surface area contributed by atoms with Crippen LogP contribution in [0.15, 0.2) is 73.8 Å². The summed E-state index contributed by atoms with van der Waals surface area (Å²) in [4.78, 5) is 36.0. The fourth-order valence-electron chi connectivity index (χ4n) is 3.32. The molecule has 2 aromatic carbocycles. The lowest BCUT2D eigenvalue weighted by Crippen LogP contribution is -2.24. The largest absolute Gasteiger partial charge is 0.461 e. The van der Waals surface area contributed by atoms with E-state index in [0.29, 0.717) is 11.3 Å². The van der Waals surface area contributed by atoms with Crippen LogP contribution in [-0.4, -0.2) is 37.3 Å². The van der Waals surface area contributed by atoms with Crippen molar-refractivity contribution in [3.05, 3.63) is 90.5 Å². The van der Waals surface area contributed by atoms with Crippen molar-refractivity contribution in [3.63, 3.8) is 0 Å². The Hall–Kier alpha value is -3.52. The third kappa shape index (κ3) is 12.3. The van der Waals surface area contributed by atoms with Gasteiger partial charge in [-0.05, 0) is 36.6 Å². The molecule has 0 saturated heterocycles. The number of aryl methyl sites for hydroxylation is 1. The van der Waals surface area contributed by atoms with Crippen LogP contribution in [0.1, 0.15) is 36.5 Å². The molecule has 0 aromatic heterocycles. The topological polar surface area (TPSA) is 114 Å². The van der Waals surface area contributed by atoms with E-state index in [-0.39, 0.29) is 45.4 Å². The van der Waals surface area contributed by atoms with E-state index >= 15 is 0 Å². The van der Waals surface area contributed by atoms with Gasteiger partial charge in [0.15, 0.2) is 0 Å². The van der Waals surface area contributed by atoms with Crippen LogP contribution in [0.25, 0.3) is 0 Å². The van der Waals surface area contributed by atoms with Crippen molar-refractivity contribution in [2.45, 2.75) is 39.9 Å². The van der Waals surface area contributed by atoms with Gasteiger partial charge in [0.2, 0.25) is 0 Å². The first-order valence-corrected chi connectivity index (χ1v) is 14.1. The second kappa shape index (κ2) is 16.4. The van der Waals surface area contributed by atoms with Gasteiger partial charge in [-0.1, -0.05) is 67.3 Å². The summed E-state index contributed by atoms with van der Waals surface area (Å²) in [7, 11) is -3.90. The van der Waals surface area contributed by atoms with Crippen molar-refractivity contribution in [1.29, 1.82) is 0 Å². The number of rotatable bonds is 17. The highest BCUT2D eigenvalue weighted by Crippen LogP contribution is 2.52. The molecule has 210 valence electrons. The van der Waals surface area contributed by atoms with E-state index < -0.39 is 31.4 Å².